The standard InChI is InChI=1S/C24H30N4O4/c1-24(2,3)26-21(29)16-27-11-13-28(14-12-27)20-10-9-18(23(31)32)15-19(20)25-22(30)17-7-5-4-6-8-17/h4-10,15H,11-14,16H2,1-3H3,(H,25,30)(H,26,29)(H,31,32). The Bertz CT molecular complexity index is 977. The summed E-state index contributed by atoms with van der Waals surface area (Å²) in [7, 11) is 0. The minimum Gasteiger partial charge on any atom is -0.478 e. The Labute approximate surface area is 188 Å². The summed E-state index contributed by atoms with van der Waals surface area (Å²) in [6.45, 7) is 8.88. The molecular formula is C24H30N4O4. The molecule has 170 valence electrons. The maximum absolute atomic E-state index is 12.7. The molecule has 8 heteroatoms. The van der Waals surface area contributed by atoms with Crippen LogP contribution in [0.4, 0.5) is 11.4 Å². The third-order valence-electron chi connectivity index (χ3n) is 5.12. The molecule has 32 heavy (non-hydrogen) atoms. The van der Waals surface area contributed by atoms with Crippen LogP contribution in [0.2, 0.25) is 0 Å². The lowest BCUT2D eigenvalue weighted by Crippen LogP contribution is -2.51. The fraction of sp³-hybridized carbons (Fsp3) is 0.375. The van der Waals surface area contributed by atoms with Gasteiger partial charge in [0, 0.05) is 37.3 Å². The van der Waals surface area contributed by atoms with E-state index in [0.717, 1.165) is 5.69 Å². The minimum atomic E-state index is -1.05. The van der Waals surface area contributed by atoms with Gasteiger partial charge in [0.05, 0.1) is 23.5 Å². The molecule has 1 heterocycles. The van der Waals surface area contributed by atoms with Gasteiger partial charge in [-0.1, -0.05) is 18.2 Å². The average Bonchev–Trinajstić information content (AvgIpc) is 2.73. The Hall–Kier alpha value is -3.39. The van der Waals surface area contributed by atoms with Crippen LogP contribution in [0.3, 0.4) is 0 Å². The smallest absolute Gasteiger partial charge is 0.335 e. The third kappa shape index (κ3) is 6.31. The van der Waals surface area contributed by atoms with Crippen LogP contribution in [0.25, 0.3) is 0 Å². The number of hydrogen-bond acceptors (Lipinski definition) is 5. The highest BCUT2D eigenvalue weighted by molar-refractivity contribution is 6.06. The average molecular weight is 439 g/mol. The number of hydrogen-bond donors (Lipinski definition) is 3. The highest BCUT2D eigenvalue weighted by atomic mass is 16.4. The fourth-order valence-electron chi connectivity index (χ4n) is 3.64. The molecule has 2 aromatic carbocycles. The van der Waals surface area contributed by atoms with E-state index in [0.29, 0.717) is 44.0 Å². The van der Waals surface area contributed by atoms with Crippen molar-refractivity contribution in [2.75, 3.05) is 42.9 Å². The first-order valence-electron chi connectivity index (χ1n) is 10.6. The molecule has 0 saturated carbocycles. The quantitative estimate of drug-likeness (QED) is 0.641. The molecule has 0 aliphatic carbocycles. The van der Waals surface area contributed by atoms with Gasteiger partial charge in [-0.25, -0.2) is 4.79 Å². The molecule has 0 spiro atoms. The van der Waals surface area contributed by atoms with Crippen molar-refractivity contribution in [3.63, 3.8) is 0 Å². The first kappa shape index (κ1) is 23.3. The number of nitrogens with one attached hydrogen (secondary N) is 2. The summed E-state index contributed by atoms with van der Waals surface area (Å²) in [4.78, 5) is 40.6. The van der Waals surface area contributed by atoms with E-state index in [1.165, 1.54) is 6.07 Å². The molecule has 3 rings (SSSR count). The van der Waals surface area contributed by atoms with Crippen molar-refractivity contribution in [3.8, 4) is 0 Å². The lowest BCUT2D eigenvalue weighted by Gasteiger charge is -2.37. The van der Waals surface area contributed by atoms with Crippen molar-refractivity contribution in [1.82, 2.24) is 10.2 Å². The maximum Gasteiger partial charge on any atom is 0.335 e. The van der Waals surface area contributed by atoms with Gasteiger partial charge in [0.2, 0.25) is 5.91 Å². The molecule has 1 aliphatic rings. The van der Waals surface area contributed by atoms with Gasteiger partial charge in [0.15, 0.2) is 0 Å². The summed E-state index contributed by atoms with van der Waals surface area (Å²) >= 11 is 0. The number of nitrogens with zero attached hydrogens (tertiary/aromatic N) is 2. The van der Waals surface area contributed by atoms with Gasteiger partial charge >= 0.3 is 5.97 Å². The summed E-state index contributed by atoms with van der Waals surface area (Å²) < 4.78 is 0. The van der Waals surface area contributed by atoms with Crippen LogP contribution in [-0.4, -0.2) is 66.1 Å². The number of carboxylic acid groups (broad SMARTS) is 1. The molecule has 1 aliphatic heterocycles. The molecule has 0 radical (unpaired) electrons. The number of anilines is 2. The van der Waals surface area contributed by atoms with Crippen LogP contribution in [-0.2, 0) is 4.79 Å². The number of carboxylic acids is 1. The molecule has 8 nitrogen and oxygen atoms in total. The van der Waals surface area contributed by atoms with Crippen molar-refractivity contribution >= 4 is 29.2 Å². The molecule has 2 amide bonds. The number of rotatable bonds is 6. The molecule has 0 bridgehead atoms. The van der Waals surface area contributed by atoms with E-state index in [1.54, 1.807) is 36.4 Å². The lowest BCUT2D eigenvalue weighted by molar-refractivity contribution is -0.123. The molecule has 1 fully saturated rings. The summed E-state index contributed by atoms with van der Waals surface area (Å²) in [6, 6.07) is 13.5. The zero-order valence-corrected chi connectivity index (χ0v) is 18.7. The number of piperazine rings is 1. The van der Waals surface area contributed by atoms with Crippen LogP contribution in [0.5, 0.6) is 0 Å². The second kappa shape index (κ2) is 9.82. The van der Waals surface area contributed by atoms with Gasteiger partial charge in [-0.05, 0) is 51.1 Å². The Morgan fingerprint density at radius 1 is 0.938 bits per heavy atom. The summed E-state index contributed by atoms with van der Waals surface area (Å²) in [5.74, 6) is -1.36. The molecular weight excluding hydrogens is 408 g/mol. The van der Waals surface area contributed by atoms with Crippen LogP contribution < -0.4 is 15.5 Å². The van der Waals surface area contributed by atoms with Crippen molar-refractivity contribution in [2.24, 2.45) is 0 Å². The molecule has 0 aromatic heterocycles. The van der Waals surface area contributed by atoms with E-state index in [4.69, 9.17) is 0 Å². The van der Waals surface area contributed by atoms with E-state index < -0.39 is 5.97 Å². The summed E-state index contributed by atoms with van der Waals surface area (Å²) in [5, 5.41) is 15.2. The number of aromatic carboxylic acids is 1. The van der Waals surface area contributed by atoms with E-state index in [9.17, 15) is 19.5 Å². The van der Waals surface area contributed by atoms with E-state index in [-0.39, 0.29) is 22.9 Å². The topological polar surface area (TPSA) is 102 Å². The van der Waals surface area contributed by atoms with Gasteiger partial charge in [-0.2, -0.15) is 0 Å². The van der Waals surface area contributed by atoms with Gasteiger partial charge in [-0.15, -0.1) is 0 Å². The van der Waals surface area contributed by atoms with Gasteiger partial charge in [-0.3, -0.25) is 14.5 Å². The Balaban J connectivity index is 1.71. The van der Waals surface area contributed by atoms with Crippen LogP contribution in [0, 0.1) is 0 Å². The Morgan fingerprint density at radius 2 is 1.59 bits per heavy atom. The zero-order valence-electron chi connectivity index (χ0n) is 18.7. The summed E-state index contributed by atoms with van der Waals surface area (Å²) in [5.41, 5.74) is 1.55. The zero-order chi connectivity index (χ0) is 23.3. The van der Waals surface area contributed by atoms with Crippen molar-refractivity contribution in [1.29, 1.82) is 0 Å². The second-order valence-corrected chi connectivity index (χ2v) is 8.92. The van der Waals surface area contributed by atoms with Crippen molar-refractivity contribution in [3.05, 3.63) is 59.7 Å². The molecule has 2 aromatic rings. The maximum atomic E-state index is 12.7. The number of benzene rings is 2. The van der Waals surface area contributed by atoms with E-state index in [1.807, 2.05) is 26.8 Å². The third-order valence-corrected chi connectivity index (χ3v) is 5.12. The Kier molecular flexibility index (Phi) is 7.15. The largest absolute Gasteiger partial charge is 0.478 e. The van der Waals surface area contributed by atoms with Gasteiger partial charge < -0.3 is 20.6 Å². The van der Waals surface area contributed by atoms with Crippen molar-refractivity contribution < 1.29 is 19.5 Å². The number of carbonyl (C=O) groups is 3. The molecule has 0 atom stereocenters. The first-order chi connectivity index (χ1) is 15.1. The molecule has 3 N–H and O–H groups in total. The second-order valence-electron chi connectivity index (χ2n) is 8.92. The van der Waals surface area contributed by atoms with Crippen LogP contribution in [0.1, 0.15) is 41.5 Å². The molecule has 0 unspecified atom stereocenters. The predicted molar refractivity (Wildman–Crippen MR) is 124 cm³/mol. The highest BCUT2D eigenvalue weighted by Gasteiger charge is 2.23. The predicted octanol–water partition coefficient (Wildman–Crippen LogP) is 2.67. The fourth-order valence-corrected chi connectivity index (χ4v) is 3.64. The van der Waals surface area contributed by atoms with E-state index in [2.05, 4.69) is 20.4 Å². The Morgan fingerprint density at radius 3 is 2.19 bits per heavy atom. The van der Waals surface area contributed by atoms with Crippen LogP contribution in [0.15, 0.2) is 48.5 Å². The monoisotopic (exact) mass is 438 g/mol. The van der Waals surface area contributed by atoms with Gasteiger partial charge in [0.25, 0.3) is 5.91 Å². The first-order valence-corrected chi connectivity index (χ1v) is 10.6. The molecule has 1 saturated heterocycles. The van der Waals surface area contributed by atoms with Gasteiger partial charge in [0.1, 0.15) is 0 Å². The van der Waals surface area contributed by atoms with E-state index >= 15 is 0 Å². The van der Waals surface area contributed by atoms with Crippen LogP contribution >= 0.6 is 0 Å². The number of amides is 2. The normalized spacial score (nSPS) is 14.7. The lowest BCUT2D eigenvalue weighted by atomic mass is 10.1. The van der Waals surface area contributed by atoms with Crippen molar-refractivity contribution in [2.45, 2.75) is 26.3 Å². The minimum absolute atomic E-state index is 0.00688. The SMILES string of the molecule is CC(C)(C)NC(=O)CN1CCN(c2ccc(C(=O)O)cc2NC(=O)c2ccccc2)CC1. The number of carbonyl (C=O) groups excluding carboxylic acids is 2. The summed E-state index contributed by atoms with van der Waals surface area (Å²) in [6.07, 6.45) is 0. The highest BCUT2D eigenvalue weighted by Crippen LogP contribution is 2.29.